The van der Waals surface area contributed by atoms with Gasteiger partial charge in [0.15, 0.2) is 0 Å². The summed E-state index contributed by atoms with van der Waals surface area (Å²) in [6.45, 7) is 2.58. The monoisotopic (exact) mass is 202 g/mol. The van der Waals surface area contributed by atoms with E-state index in [-0.39, 0.29) is 24.8 Å². The Balaban J connectivity index is 3.56. The molecule has 0 aromatic rings. The van der Waals surface area contributed by atoms with Crippen LogP contribution in [0.2, 0.25) is 0 Å². The number of hydrogen-bond acceptors (Lipinski definition) is 3. The maximum absolute atomic E-state index is 11.3. The highest BCUT2D eigenvalue weighted by molar-refractivity contribution is 5.78. The minimum atomic E-state index is -0.903. The molecule has 0 aliphatic carbocycles. The van der Waals surface area contributed by atoms with Gasteiger partial charge in [-0.25, -0.2) is 0 Å². The molecule has 0 bridgehead atoms. The Labute approximate surface area is 83.7 Å². The van der Waals surface area contributed by atoms with Crippen molar-refractivity contribution in [3.63, 3.8) is 0 Å². The largest absolute Gasteiger partial charge is 0.481 e. The van der Waals surface area contributed by atoms with Crippen molar-refractivity contribution < 1.29 is 14.7 Å². The molecule has 1 unspecified atom stereocenters. The standard InChI is InChI=1S/C9H18N2O3/c1-7(3-2-5-10)9(14)11-6-4-8(12)13/h7H,2-6,10H2,1H3,(H,11,14)(H,12,13). The first-order valence-corrected chi connectivity index (χ1v) is 4.77. The van der Waals surface area contributed by atoms with E-state index in [9.17, 15) is 9.59 Å². The molecule has 0 aromatic carbocycles. The second kappa shape index (κ2) is 7.32. The average Bonchev–Trinajstić information content (AvgIpc) is 2.13. The number of carboxylic acid groups (broad SMARTS) is 1. The fourth-order valence-electron chi connectivity index (χ4n) is 1.02. The minimum absolute atomic E-state index is 0.0324. The molecule has 0 radical (unpaired) electrons. The Morgan fingerprint density at radius 2 is 2.14 bits per heavy atom. The Bertz CT molecular complexity index is 194. The third-order valence-electron chi connectivity index (χ3n) is 1.93. The van der Waals surface area contributed by atoms with Crippen molar-refractivity contribution in [2.45, 2.75) is 26.2 Å². The highest BCUT2D eigenvalue weighted by Crippen LogP contribution is 2.03. The van der Waals surface area contributed by atoms with Crippen LogP contribution in [0.4, 0.5) is 0 Å². The van der Waals surface area contributed by atoms with Crippen LogP contribution in [0.1, 0.15) is 26.2 Å². The van der Waals surface area contributed by atoms with Crippen molar-refractivity contribution >= 4 is 11.9 Å². The molecule has 0 rings (SSSR count). The predicted molar refractivity (Wildman–Crippen MR) is 52.7 cm³/mol. The molecule has 0 saturated heterocycles. The highest BCUT2D eigenvalue weighted by Gasteiger charge is 2.11. The minimum Gasteiger partial charge on any atom is -0.481 e. The number of nitrogens with one attached hydrogen (secondary N) is 1. The lowest BCUT2D eigenvalue weighted by Gasteiger charge is -2.10. The molecule has 5 nitrogen and oxygen atoms in total. The fraction of sp³-hybridized carbons (Fsp3) is 0.778. The molecule has 0 saturated carbocycles. The van der Waals surface area contributed by atoms with Crippen molar-refractivity contribution in [3.8, 4) is 0 Å². The fourth-order valence-corrected chi connectivity index (χ4v) is 1.02. The number of hydrogen-bond donors (Lipinski definition) is 3. The van der Waals surface area contributed by atoms with Crippen molar-refractivity contribution in [2.24, 2.45) is 11.7 Å². The molecule has 0 spiro atoms. The Kier molecular flexibility index (Phi) is 6.74. The number of nitrogens with two attached hydrogens (primary N) is 1. The quantitative estimate of drug-likeness (QED) is 0.539. The smallest absolute Gasteiger partial charge is 0.305 e. The lowest BCUT2D eigenvalue weighted by Crippen LogP contribution is -2.31. The van der Waals surface area contributed by atoms with E-state index in [2.05, 4.69) is 5.32 Å². The molecule has 1 amide bonds. The van der Waals surface area contributed by atoms with Crippen LogP contribution >= 0.6 is 0 Å². The van der Waals surface area contributed by atoms with E-state index in [1.54, 1.807) is 0 Å². The van der Waals surface area contributed by atoms with E-state index in [0.29, 0.717) is 6.54 Å². The first-order valence-electron chi connectivity index (χ1n) is 4.77. The zero-order valence-electron chi connectivity index (χ0n) is 8.45. The topological polar surface area (TPSA) is 92.4 Å². The maximum Gasteiger partial charge on any atom is 0.305 e. The number of rotatable bonds is 7. The van der Waals surface area contributed by atoms with Gasteiger partial charge in [0.25, 0.3) is 0 Å². The van der Waals surface area contributed by atoms with Crippen LogP contribution < -0.4 is 11.1 Å². The van der Waals surface area contributed by atoms with Gasteiger partial charge in [-0.1, -0.05) is 6.92 Å². The van der Waals surface area contributed by atoms with Gasteiger partial charge in [0, 0.05) is 12.5 Å². The summed E-state index contributed by atoms with van der Waals surface area (Å²) in [5, 5.41) is 10.9. The number of carbonyl (C=O) groups is 2. The summed E-state index contributed by atoms with van der Waals surface area (Å²) in [6, 6.07) is 0. The van der Waals surface area contributed by atoms with E-state index >= 15 is 0 Å². The van der Waals surface area contributed by atoms with E-state index in [1.807, 2.05) is 6.92 Å². The zero-order valence-corrected chi connectivity index (χ0v) is 8.45. The van der Waals surface area contributed by atoms with Gasteiger partial charge in [0.05, 0.1) is 6.42 Å². The molecule has 0 aliphatic rings. The summed E-state index contributed by atoms with van der Waals surface area (Å²) < 4.78 is 0. The van der Waals surface area contributed by atoms with Gasteiger partial charge in [-0.3, -0.25) is 9.59 Å². The summed E-state index contributed by atoms with van der Waals surface area (Å²) >= 11 is 0. The molecule has 0 aromatic heterocycles. The molecule has 4 N–H and O–H groups in total. The molecule has 0 aliphatic heterocycles. The second-order valence-electron chi connectivity index (χ2n) is 3.27. The molecule has 5 heteroatoms. The van der Waals surface area contributed by atoms with E-state index in [0.717, 1.165) is 12.8 Å². The van der Waals surface area contributed by atoms with Gasteiger partial charge < -0.3 is 16.2 Å². The van der Waals surface area contributed by atoms with Crippen LogP contribution in [0.5, 0.6) is 0 Å². The SMILES string of the molecule is CC(CCCN)C(=O)NCCC(=O)O. The molecule has 82 valence electrons. The Morgan fingerprint density at radius 1 is 1.50 bits per heavy atom. The number of aliphatic carboxylic acids is 1. The van der Waals surface area contributed by atoms with E-state index in [1.165, 1.54) is 0 Å². The van der Waals surface area contributed by atoms with Crippen LogP contribution in [0, 0.1) is 5.92 Å². The maximum atomic E-state index is 11.3. The molecule has 1 atom stereocenters. The van der Waals surface area contributed by atoms with Gasteiger partial charge in [0.2, 0.25) is 5.91 Å². The van der Waals surface area contributed by atoms with Crippen LogP contribution in [-0.4, -0.2) is 30.1 Å². The third-order valence-corrected chi connectivity index (χ3v) is 1.93. The van der Waals surface area contributed by atoms with Crippen LogP contribution in [0.3, 0.4) is 0 Å². The van der Waals surface area contributed by atoms with Crippen LogP contribution in [0.25, 0.3) is 0 Å². The van der Waals surface area contributed by atoms with Crippen molar-refractivity contribution in [2.75, 3.05) is 13.1 Å². The lowest BCUT2D eigenvalue weighted by atomic mass is 10.1. The second-order valence-corrected chi connectivity index (χ2v) is 3.27. The lowest BCUT2D eigenvalue weighted by molar-refractivity contribution is -0.137. The van der Waals surface area contributed by atoms with Crippen molar-refractivity contribution in [3.05, 3.63) is 0 Å². The number of amides is 1. The zero-order chi connectivity index (χ0) is 11.0. The third kappa shape index (κ3) is 6.42. The van der Waals surface area contributed by atoms with Gasteiger partial charge in [-0.2, -0.15) is 0 Å². The number of carbonyl (C=O) groups excluding carboxylic acids is 1. The number of carboxylic acids is 1. The van der Waals surface area contributed by atoms with E-state index in [4.69, 9.17) is 10.8 Å². The van der Waals surface area contributed by atoms with Gasteiger partial charge in [-0.15, -0.1) is 0 Å². The summed E-state index contributed by atoms with van der Waals surface area (Å²) in [7, 11) is 0. The van der Waals surface area contributed by atoms with Crippen LogP contribution in [-0.2, 0) is 9.59 Å². The molecule has 0 heterocycles. The first-order chi connectivity index (χ1) is 6.57. The van der Waals surface area contributed by atoms with Gasteiger partial charge in [-0.05, 0) is 19.4 Å². The normalized spacial score (nSPS) is 12.1. The van der Waals surface area contributed by atoms with Gasteiger partial charge in [0.1, 0.15) is 0 Å². The predicted octanol–water partition coefficient (Wildman–Crippen LogP) is -0.0477. The first kappa shape index (κ1) is 12.9. The Morgan fingerprint density at radius 3 is 2.64 bits per heavy atom. The molecular formula is C9H18N2O3. The Hall–Kier alpha value is -1.10. The molecular weight excluding hydrogens is 184 g/mol. The van der Waals surface area contributed by atoms with Gasteiger partial charge >= 0.3 is 5.97 Å². The summed E-state index contributed by atoms with van der Waals surface area (Å²) in [5.74, 6) is -1.09. The molecule has 0 fully saturated rings. The average molecular weight is 202 g/mol. The highest BCUT2D eigenvalue weighted by atomic mass is 16.4. The van der Waals surface area contributed by atoms with Crippen LogP contribution in [0.15, 0.2) is 0 Å². The summed E-state index contributed by atoms with van der Waals surface area (Å²) in [4.78, 5) is 21.4. The summed E-state index contributed by atoms with van der Waals surface area (Å²) in [5.41, 5.74) is 5.31. The van der Waals surface area contributed by atoms with E-state index < -0.39 is 5.97 Å². The molecule has 14 heavy (non-hydrogen) atoms. The summed E-state index contributed by atoms with van der Waals surface area (Å²) in [6.07, 6.45) is 1.53. The van der Waals surface area contributed by atoms with Crippen molar-refractivity contribution in [1.29, 1.82) is 0 Å². The van der Waals surface area contributed by atoms with Crippen molar-refractivity contribution in [1.82, 2.24) is 5.32 Å².